The first-order valence-corrected chi connectivity index (χ1v) is 8.98. The van der Waals surface area contributed by atoms with Gasteiger partial charge in [-0.1, -0.05) is 12.1 Å². The number of nitrogens with zero attached hydrogens (tertiary/aromatic N) is 3. The van der Waals surface area contributed by atoms with Gasteiger partial charge in [0.05, 0.1) is 12.1 Å². The Labute approximate surface area is 168 Å². The Morgan fingerprint density at radius 1 is 1.00 bits per heavy atom. The molecule has 158 valence electrons. The Hall–Kier alpha value is -3.43. The molecular weight excluding hydrogens is 404 g/mol. The van der Waals surface area contributed by atoms with E-state index in [0.717, 1.165) is 16.7 Å². The van der Waals surface area contributed by atoms with Crippen LogP contribution in [0.1, 0.15) is 31.0 Å². The Morgan fingerprint density at radius 2 is 1.60 bits per heavy atom. The van der Waals surface area contributed by atoms with Crippen LogP contribution in [-0.2, 0) is 12.7 Å². The maximum atomic E-state index is 13.2. The summed E-state index contributed by atoms with van der Waals surface area (Å²) in [5.41, 5.74) is -1.49. The van der Waals surface area contributed by atoms with E-state index in [1.165, 1.54) is 41.0 Å². The monoisotopic (exact) mass is 422 g/mol. The highest BCUT2D eigenvalue weighted by molar-refractivity contribution is 5.54. The number of anilines is 2. The quantitative estimate of drug-likeness (QED) is 0.633. The predicted octanol–water partition coefficient (Wildman–Crippen LogP) is 3.94. The largest absolute Gasteiger partial charge is 0.416 e. The van der Waals surface area contributed by atoms with Crippen molar-refractivity contribution >= 4 is 11.6 Å². The smallest absolute Gasteiger partial charge is 0.325 e. The summed E-state index contributed by atoms with van der Waals surface area (Å²) in [4.78, 5) is 29.1. The number of hydrogen-bond acceptors (Lipinski definition) is 4. The SMILES string of the molecule is CC(C)n1c(=O)nc(Nc2ccc(C(F)(F)F)cc2)n(Cc2ccc(F)cc2)c1=O. The van der Waals surface area contributed by atoms with Gasteiger partial charge in [-0.2, -0.15) is 18.2 Å². The van der Waals surface area contributed by atoms with E-state index in [1.54, 1.807) is 13.8 Å². The zero-order valence-electron chi connectivity index (χ0n) is 16.1. The van der Waals surface area contributed by atoms with E-state index in [0.29, 0.717) is 5.56 Å². The van der Waals surface area contributed by atoms with E-state index < -0.39 is 35.0 Å². The lowest BCUT2D eigenvalue weighted by atomic mass is 10.2. The Bertz CT molecular complexity index is 1150. The Morgan fingerprint density at radius 3 is 2.13 bits per heavy atom. The third kappa shape index (κ3) is 4.58. The van der Waals surface area contributed by atoms with Crippen molar-refractivity contribution in [3.63, 3.8) is 0 Å². The molecule has 0 aliphatic rings. The molecule has 3 aromatic rings. The minimum atomic E-state index is -4.49. The maximum Gasteiger partial charge on any atom is 0.416 e. The van der Waals surface area contributed by atoms with Crippen LogP contribution in [0.3, 0.4) is 0 Å². The lowest BCUT2D eigenvalue weighted by molar-refractivity contribution is -0.137. The van der Waals surface area contributed by atoms with Crippen LogP contribution in [0.15, 0.2) is 58.1 Å². The molecular formula is C20H18F4N4O2. The summed E-state index contributed by atoms with van der Waals surface area (Å²) in [6.07, 6.45) is -4.49. The molecule has 30 heavy (non-hydrogen) atoms. The van der Waals surface area contributed by atoms with Gasteiger partial charge in [-0.15, -0.1) is 0 Å². The first-order chi connectivity index (χ1) is 14.1. The highest BCUT2D eigenvalue weighted by Gasteiger charge is 2.30. The molecule has 0 saturated heterocycles. The van der Waals surface area contributed by atoms with E-state index in [9.17, 15) is 27.2 Å². The van der Waals surface area contributed by atoms with Gasteiger partial charge in [0.25, 0.3) is 0 Å². The first-order valence-electron chi connectivity index (χ1n) is 8.98. The topological polar surface area (TPSA) is 68.9 Å². The average Bonchev–Trinajstić information content (AvgIpc) is 2.65. The molecule has 0 aliphatic carbocycles. The first kappa shape index (κ1) is 21.3. The molecule has 1 aromatic heterocycles. The van der Waals surface area contributed by atoms with Crippen LogP contribution in [0.2, 0.25) is 0 Å². The molecule has 0 saturated carbocycles. The molecule has 0 amide bonds. The van der Waals surface area contributed by atoms with Gasteiger partial charge >= 0.3 is 17.6 Å². The number of alkyl halides is 3. The zero-order chi connectivity index (χ0) is 22.1. The van der Waals surface area contributed by atoms with Gasteiger partial charge in [-0.05, 0) is 55.8 Å². The van der Waals surface area contributed by atoms with Crippen LogP contribution in [0.5, 0.6) is 0 Å². The van der Waals surface area contributed by atoms with Gasteiger partial charge in [0.15, 0.2) is 0 Å². The summed E-state index contributed by atoms with van der Waals surface area (Å²) in [5.74, 6) is -0.578. The van der Waals surface area contributed by atoms with E-state index in [4.69, 9.17) is 0 Å². The summed E-state index contributed by atoms with van der Waals surface area (Å²) >= 11 is 0. The third-order valence-corrected chi connectivity index (χ3v) is 4.34. The minimum Gasteiger partial charge on any atom is -0.325 e. The van der Waals surface area contributed by atoms with E-state index >= 15 is 0 Å². The number of hydrogen-bond donors (Lipinski definition) is 1. The van der Waals surface area contributed by atoms with Crippen molar-refractivity contribution in [1.82, 2.24) is 14.1 Å². The van der Waals surface area contributed by atoms with Crippen LogP contribution in [-0.4, -0.2) is 14.1 Å². The summed E-state index contributed by atoms with van der Waals surface area (Å²) in [7, 11) is 0. The lowest BCUT2D eigenvalue weighted by Gasteiger charge is -2.17. The van der Waals surface area contributed by atoms with E-state index in [2.05, 4.69) is 10.3 Å². The summed E-state index contributed by atoms with van der Waals surface area (Å²) in [6.45, 7) is 3.27. The van der Waals surface area contributed by atoms with Crippen molar-refractivity contribution in [3.8, 4) is 0 Å². The van der Waals surface area contributed by atoms with Gasteiger partial charge in [0, 0.05) is 11.7 Å². The lowest BCUT2D eigenvalue weighted by Crippen LogP contribution is -2.43. The highest BCUT2D eigenvalue weighted by atomic mass is 19.4. The molecule has 6 nitrogen and oxygen atoms in total. The van der Waals surface area contributed by atoms with Crippen LogP contribution in [0, 0.1) is 5.82 Å². The molecule has 0 radical (unpaired) electrons. The van der Waals surface area contributed by atoms with Gasteiger partial charge in [0.2, 0.25) is 5.95 Å². The molecule has 10 heteroatoms. The Balaban J connectivity index is 2.05. The third-order valence-electron chi connectivity index (χ3n) is 4.34. The standard InChI is InChI=1S/C20H18F4N4O2/c1-12(2)28-18(29)26-17(25-16-9-5-14(6-10-16)20(22,23)24)27(19(28)30)11-13-3-7-15(21)8-4-13/h3-10,12H,11H2,1-2H3,(H,25,26,29). The number of halogens is 4. The van der Waals surface area contributed by atoms with Crippen LogP contribution in [0.25, 0.3) is 0 Å². The zero-order valence-corrected chi connectivity index (χ0v) is 16.1. The highest BCUT2D eigenvalue weighted by Crippen LogP contribution is 2.30. The maximum absolute atomic E-state index is 13.2. The van der Waals surface area contributed by atoms with Crippen molar-refractivity contribution in [2.75, 3.05) is 5.32 Å². The fraction of sp³-hybridized carbons (Fsp3) is 0.250. The molecule has 1 heterocycles. The number of rotatable bonds is 5. The predicted molar refractivity (Wildman–Crippen MR) is 103 cm³/mol. The van der Waals surface area contributed by atoms with Crippen molar-refractivity contribution in [3.05, 3.63) is 86.4 Å². The van der Waals surface area contributed by atoms with Crippen molar-refractivity contribution in [1.29, 1.82) is 0 Å². The second-order valence-corrected chi connectivity index (χ2v) is 6.88. The molecule has 0 atom stereocenters. The fourth-order valence-corrected chi connectivity index (χ4v) is 2.83. The van der Waals surface area contributed by atoms with Crippen LogP contribution >= 0.6 is 0 Å². The summed E-state index contributed by atoms with van der Waals surface area (Å²) in [5, 5.41) is 2.73. The van der Waals surface area contributed by atoms with E-state index in [-0.39, 0.29) is 18.2 Å². The van der Waals surface area contributed by atoms with Gasteiger partial charge in [-0.3, -0.25) is 4.57 Å². The van der Waals surface area contributed by atoms with Gasteiger partial charge in [-0.25, -0.2) is 18.5 Å². The fourth-order valence-electron chi connectivity index (χ4n) is 2.83. The summed E-state index contributed by atoms with van der Waals surface area (Å²) < 4.78 is 53.6. The average molecular weight is 422 g/mol. The van der Waals surface area contributed by atoms with Crippen LogP contribution in [0.4, 0.5) is 29.2 Å². The minimum absolute atomic E-state index is 0.0257. The van der Waals surface area contributed by atoms with Gasteiger partial charge < -0.3 is 5.32 Å². The normalized spacial score (nSPS) is 11.7. The second kappa shape index (κ2) is 8.13. The molecule has 0 aliphatic heterocycles. The Kier molecular flexibility index (Phi) is 5.77. The van der Waals surface area contributed by atoms with E-state index in [1.807, 2.05) is 0 Å². The van der Waals surface area contributed by atoms with Crippen molar-refractivity contribution < 1.29 is 17.6 Å². The number of aromatic nitrogens is 3. The molecule has 0 unspecified atom stereocenters. The summed E-state index contributed by atoms with van der Waals surface area (Å²) in [6, 6.07) is 9.06. The molecule has 3 rings (SSSR count). The molecule has 0 fully saturated rings. The molecule has 1 N–H and O–H groups in total. The molecule has 2 aromatic carbocycles. The number of nitrogens with one attached hydrogen (secondary N) is 1. The van der Waals surface area contributed by atoms with Crippen LogP contribution < -0.4 is 16.7 Å². The van der Waals surface area contributed by atoms with Gasteiger partial charge in [0.1, 0.15) is 5.82 Å². The van der Waals surface area contributed by atoms with Crippen molar-refractivity contribution in [2.45, 2.75) is 32.6 Å². The van der Waals surface area contributed by atoms with Crippen molar-refractivity contribution in [2.24, 2.45) is 0 Å². The second-order valence-electron chi connectivity index (χ2n) is 6.88. The number of benzene rings is 2. The molecule has 0 spiro atoms. The molecule has 0 bridgehead atoms.